The van der Waals surface area contributed by atoms with E-state index in [1.165, 1.54) is 30.4 Å². The molecule has 138 valence electrons. The van der Waals surface area contributed by atoms with Crippen LogP contribution in [0.3, 0.4) is 0 Å². The zero-order valence-electron chi connectivity index (χ0n) is 14.5. The number of rotatable bonds is 6. The van der Waals surface area contributed by atoms with Gasteiger partial charge in [0, 0.05) is 17.9 Å². The molecule has 0 aliphatic heterocycles. The summed E-state index contributed by atoms with van der Waals surface area (Å²) >= 11 is 1.41. The van der Waals surface area contributed by atoms with Crippen molar-refractivity contribution in [1.82, 2.24) is 10.3 Å². The lowest BCUT2D eigenvalue weighted by Gasteiger charge is -2.22. The van der Waals surface area contributed by atoms with Crippen molar-refractivity contribution in [2.24, 2.45) is 5.92 Å². The van der Waals surface area contributed by atoms with Crippen LogP contribution in [-0.2, 0) is 20.9 Å². The first kappa shape index (κ1) is 18.5. The van der Waals surface area contributed by atoms with E-state index in [1.54, 1.807) is 12.1 Å². The number of nitrogens with one attached hydrogen (secondary N) is 1. The molecule has 5 nitrogen and oxygen atoms in total. The Morgan fingerprint density at radius 3 is 2.65 bits per heavy atom. The first-order chi connectivity index (χ1) is 12.5. The van der Waals surface area contributed by atoms with E-state index in [9.17, 15) is 14.0 Å². The molecule has 1 aromatic heterocycles. The fourth-order valence-corrected chi connectivity index (χ4v) is 4.02. The quantitative estimate of drug-likeness (QED) is 0.781. The van der Waals surface area contributed by atoms with Crippen LogP contribution in [0.25, 0.3) is 10.6 Å². The average molecular weight is 376 g/mol. The molecule has 1 aromatic carbocycles. The van der Waals surface area contributed by atoms with Crippen molar-refractivity contribution in [2.45, 2.75) is 45.3 Å². The highest BCUT2D eigenvalue weighted by molar-refractivity contribution is 7.13. The summed E-state index contributed by atoms with van der Waals surface area (Å²) in [6.45, 7) is 1.46. The Hall–Kier alpha value is -2.28. The third-order valence-electron chi connectivity index (χ3n) is 4.49. The van der Waals surface area contributed by atoms with Crippen molar-refractivity contribution in [3.8, 4) is 10.6 Å². The molecule has 1 aliphatic rings. The van der Waals surface area contributed by atoms with Crippen LogP contribution in [-0.4, -0.2) is 22.9 Å². The summed E-state index contributed by atoms with van der Waals surface area (Å²) in [6, 6.07) is 5.50. The summed E-state index contributed by atoms with van der Waals surface area (Å²) < 4.78 is 18.4. The number of hydrogen-bond acceptors (Lipinski definition) is 5. The van der Waals surface area contributed by atoms with E-state index in [0.29, 0.717) is 5.69 Å². The van der Waals surface area contributed by atoms with Gasteiger partial charge in [-0.25, -0.2) is 14.2 Å². The van der Waals surface area contributed by atoms with Crippen molar-refractivity contribution in [3.63, 3.8) is 0 Å². The minimum atomic E-state index is -0.592. The zero-order chi connectivity index (χ0) is 18.5. The number of carbonyl (C=O) groups is 2. The van der Waals surface area contributed by atoms with Crippen LogP contribution in [0.5, 0.6) is 0 Å². The largest absolute Gasteiger partial charge is 0.458 e. The number of hydrogen-bond donors (Lipinski definition) is 1. The second-order valence-electron chi connectivity index (χ2n) is 6.48. The van der Waals surface area contributed by atoms with Gasteiger partial charge in [-0.1, -0.05) is 12.8 Å². The lowest BCUT2D eigenvalue weighted by Crippen LogP contribution is -2.45. The standard InChI is InChI=1S/C19H21FN2O3S/c1-12(23)21-17(13-4-2-3-5-13)19(24)25-10-16-11-26-18(22-16)14-6-8-15(20)9-7-14/h6-9,11,13,17H,2-5,10H2,1H3,(H,21,23). The van der Waals surface area contributed by atoms with Gasteiger partial charge in [0.1, 0.15) is 23.5 Å². The van der Waals surface area contributed by atoms with E-state index >= 15 is 0 Å². The van der Waals surface area contributed by atoms with Gasteiger partial charge in [0.05, 0.1) is 5.69 Å². The molecule has 1 atom stereocenters. The van der Waals surface area contributed by atoms with Crippen molar-refractivity contribution >= 4 is 23.2 Å². The normalized spacial score (nSPS) is 15.6. The molecular formula is C19H21FN2O3S. The van der Waals surface area contributed by atoms with E-state index in [1.807, 2.05) is 5.38 Å². The van der Waals surface area contributed by atoms with Crippen LogP contribution in [0.1, 0.15) is 38.3 Å². The molecule has 3 rings (SSSR count). The van der Waals surface area contributed by atoms with Crippen molar-refractivity contribution in [2.75, 3.05) is 0 Å². The van der Waals surface area contributed by atoms with Crippen LogP contribution in [0.2, 0.25) is 0 Å². The van der Waals surface area contributed by atoms with Gasteiger partial charge in [-0.15, -0.1) is 11.3 Å². The van der Waals surface area contributed by atoms with E-state index in [-0.39, 0.29) is 24.2 Å². The molecule has 1 N–H and O–H groups in total. The molecular weight excluding hydrogens is 355 g/mol. The molecule has 1 heterocycles. The highest BCUT2D eigenvalue weighted by atomic mass is 32.1. The summed E-state index contributed by atoms with van der Waals surface area (Å²) in [5.74, 6) is -0.804. The first-order valence-corrected chi connectivity index (χ1v) is 9.55. The van der Waals surface area contributed by atoms with Gasteiger partial charge in [-0.05, 0) is 43.0 Å². The third-order valence-corrected chi connectivity index (χ3v) is 5.43. The van der Waals surface area contributed by atoms with Crippen molar-refractivity contribution in [1.29, 1.82) is 0 Å². The number of benzene rings is 1. The molecule has 7 heteroatoms. The maximum Gasteiger partial charge on any atom is 0.329 e. The second kappa shape index (κ2) is 8.40. The van der Waals surface area contributed by atoms with Crippen LogP contribution in [0.4, 0.5) is 4.39 Å². The van der Waals surface area contributed by atoms with Gasteiger partial charge in [-0.3, -0.25) is 4.79 Å². The Kier molecular flexibility index (Phi) is 5.98. The predicted molar refractivity (Wildman–Crippen MR) is 96.9 cm³/mol. The average Bonchev–Trinajstić information content (AvgIpc) is 3.30. The fraction of sp³-hybridized carbons (Fsp3) is 0.421. The van der Waals surface area contributed by atoms with Crippen LogP contribution >= 0.6 is 11.3 Å². The highest BCUT2D eigenvalue weighted by Gasteiger charge is 2.32. The summed E-state index contributed by atoms with van der Waals surface area (Å²) in [4.78, 5) is 28.3. The molecule has 0 spiro atoms. The van der Waals surface area contributed by atoms with E-state index in [4.69, 9.17) is 4.74 Å². The molecule has 1 fully saturated rings. The molecule has 0 saturated heterocycles. The Bertz CT molecular complexity index is 769. The van der Waals surface area contributed by atoms with Gasteiger partial charge in [0.2, 0.25) is 5.91 Å². The molecule has 1 saturated carbocycles. The highest BCUT2D eigenvalue weighted by Crippen LogP contribution is 2.29. The Morgan fingerprint density at radius 1 is 1.31 bits per heavy atom. The summed E-state index contributed by atoms with van der Waals surface area (Å²) in [5, 5.41) is 5.28. The molecule has 2 aromatic rings. The monoisotopic (exact) mass is 376 g/mol. The Morgan fingerprint density at radius 2 is 2.00 bits per heavy atom. The topological polar surface area (TPSA) is 68.3 Å². The number of aromatic nitrogens is 1. The van der Waals surface area contributed by atoms with E-state index in [0.717, 1.165) is 36.3 Å². The number of nitrogens with zero attached hydrogens (tertiary/aromatic N) is 1. The number of ether oxygens (including phenoxy) is 1. The Balaban J connectivity index is 1.61. The second-order valence-corrected chi connectivity index (χ2v) is 7.34. The maximum atomic E-state index is 13.0. The summed E-state index contributed by atoms with van der Waals surface area (Å²) in [7, 11) is 0. The molecule has 0 bridgehead atoms. The smallest absolute Gasteiger partial charge is 0.329 e. The zero-order valence-corrected chi connectivity index (χ0v) is 15.4. The summed E-state index contributed by atoms with van der Waals surface area (Å²) in [6.07, 6.45) is 3.99. The lowest BCUT2D eigenvalue weighted by atomic mass is 9.98. The number of esters is 1. The van der Waals surface area contributed by atoms with E-state index in [2.05, 4.69) is 10.3 Å². The van der Waals surface area contributed by atoms with Gasteiger partial charge < -0.3 is 10.1 Å². The number of carbonyl (C=O) groups excluding carboxylic acids is 2. The minimum absolute atomic E-state index is 0.0549. The SMILES string of the molecule is CC(=O)NC(C(=O)OCc1csc(-c2ccc(F)cc2)n1)C1CCCC1. The van der Waals surface area contributed by atoms with Crippen molar-refractivity contribution in [3.05, 3.63) is 41.2 Å². The number of amides is 1. The van der Waals surface area contributed by atoms with Crippen LogP contribution in [0.15, 0.2) is 29.6 Å². The molecule has 0 radical (unpaired) electrons. The van der Waals surface area contributed by atoms with Crippen LogP contribution < -0.4 is 5.32 Å². The van der Waals surface area contributed by atoms with Crippen molar-refractivity contribution < 1.29 is 18.7 Å². The number of thiazole rings is 1. The summed E-state index contributed by atoms with van der Waals surface area (Å²) in [5.41, 5.74) is 1.45. The minimum Gasteiger partial charge on any atom is -0.458 e. The molecule has 26 heavy (non-hydrogen) atoms. The lowest BCUT2D eigenvalue weighted by molar-refractivity contribution is -0.150. The van der Waals surface area contributed by atoms with Gasteiger partial charge >= 0.3 is 5.97 Å². The number of halogens is 1. The van der Waals surface area contributed by atoms with E-state index < -0.39 is 12.0 Å². The fourth-order valence-electron chi connectivity index (χ4n) is 3.21. The first-order valence-electron chi connectivity index (χ1n) is 8.67. The predicted octanol–water partition coefficient (Wildman–Crippen LogP) is 3.69. The third kappa shape index (κ3) is 4.66. The Labute approximate surface area is 155 Å². The van der Waals surface area contributed by atoms with Gasteiger partial charge in [0.25, 0.3) is 0 Å². The molecule has 1 aliphatic carbocycles. The van der Waals surface area contributed by atoms with Crippen LogP contribution in [0, 0.1) is 11.7 Å². The molecule has 1 amide bonds. The van der Waals surface area contributed by atoms with Gasteiger partial charge in [-0.2, -0.15) is 0 Å². The maximum absolute atomic E-state index is 13.0. The van der Waals surface area contributed by atoms with Gasteiger partial charge in [0.15, 0.2) is 0 Å². The molecule has 1 unspecified atom stereocenters.